The highest BCUT2D eigenvalue weighted by molar-refractivity contribution is 9.10. The van der Waals surface area contributed by atoms with Gasteiger partial charge in [0, 0.05) is 15.7 Å². The first-order valence-corrected chi connectivity index (χ1v) is 8.33. The summed E-state index contributed by atoms with van der Waals surface area (Å²) >= 11 is 3.33. The van der Waals surface area contributed by atoms with Crippen molar-refractivity contribution >= 4 is 37.3 Å². The van der Waals surface area contributed by atoms with Gasteiger partial charge in [-0.05, 0) is 43.7 Å². The van der Waals surface area contributed by atoms with E-state index in [0.717, 1.165) is 16.1 Å². The molecule has 4 nitrogen and oxygen atoms in total. The number of benzene rings is 2. The van der Waals surface area contributed by atoms with E-state index in [4.69, 9.17) is 5.73 Å². The maximum atomic E-state index is 13.7. The lowest BCUT2D eigenvalue weighted by Gasteiger charge is -2.14. The third-order valence-corrected chi connectivity index (χ3v) is 5.47. The van der Waals surface area contributed by atoms with E-state index < -0.39 is 15.8 Å². The number of nitrogens with two attached hydrogens (primary N) is 1. The van der Waals surface area contributed by atoms with E-state index >= 15 is 0 Å². The van der Waals surface area contributed by atoms with Crippen LogP contribution >= 0.6 is 15.9 Å². The van der Waals surface area contributed by atoms with E-state index in [0.29, 0.717) is 5.69 Å². The summed E-state index contributed by atoms with van der Waals surface area (Å²) in [7, 11) is -3.92. The van der Waals surface area contributed by atoms with Gasteiger partial charge in [-0.15, -0.1) is 0 Å². The van der Waals surface area contributed by atoms with Gasteiger partial charge in [0.15, 0.2) is 0 Å². The summed E-state index contributed by atoms with van der Waals surface area (Å²) in [6.45, 7) is 3.17. The lowest BCUT2D eigenvalue weighted by atomic mass is 10.2. The summed E-state index contributed by atoms with van der Waals surface area (Å²) in [6.07, 6.45) is 0. The number of nitrogens with one attached hydrogen (secondary N) is 1. The first kappa shape index (κ1) is 15.8. The van der Waals surface area contributed by atoms with Crippen LogP contribution in [0.3, 0.4) is 0 Å². The van der Waals surface area contributed by atoms with Crippen LogP contribution in [0.2, 0.25) is 0 Å². The summed E-state index contributed by atoms with van der Waals surface area (Å²) in [4.78, 5) is -0.167. The molecule has 0 bridgehead atoms. The highest BCUT2D eigenvalue weighted by atomic mass is 79.9. The van der Waals surface area contributed by atoms with Crippen LogP contribution in [-0.2, 0) is 10.0 Å². The average molecular weight is 373 g/mol. The number of rotatable bonds is 3. The maximum Gasteiger partial charge on any atom is 0.262 e. The van der Waals surface area contributed by atoms with Crippen LogP contribution in [0.15, 0.2) is 39.7 Å². The predicted octanol–water partition coefficient (Wildman–Crippen LogP) is 3.59. The minimum Gasteiger partial charge on any atom is -0.399 e. The second-order valence-corrected chi connectivity index (χ2v) is 7.15. The van der Waals surface area contributed by atoms with Crippen molar-refractivity contribution in [2.45, 2.75) is 18.7 Å². The molecule has 0 spiro atoms. The molecule has 2 aromatic rings. The quantitative estimate of drug-likeness (QED) is 0.808. The second-order valence-electron chi connectivity index (χ2n) is 4.64. The molecule has 0 heterocycles. The fourth-order valence-corrected chi connectivity index (χ4v) is 3.65. The summed E-state index contributed by atoms with van der Waals surface area (Å²) in [6, 6.07) is 7.49. The molecule has 2 aromatic carbocycles. The first-order valence-electron chi connectivity index (χ1n) is 6.06. The van der Waals surface area contributed by atoms with Crippen molar-refractivity contribution in [3.8, 4) is 0 Å². The van der Waals surface area contributed by atoms with Crippen LogP contribution in [0.25, 0.3) is 0 Å². The lowest BCUT2D eigenvalue weighted by Crippen LogP contribution is -2.16. The standard InChI is InChI=1S/C14H14BrFN2O2S/c1-8-11(15)4-3-5-13(8)18-21(19,20)14-7-10(17)6-12(16)9(14)2/h3-7,18H,17H2,1-2H3. The second kappa shape index (κ2) is 5.65. The van der Waals surface area contributed by atoms with E-state index in [1.165, 1.54) is 13.0 Å². The lowest BCUT2D eigenvalue weighted by molar-refractivity contribution is 0.591. The van der Waals surface area contributed by atoms with Gasteiger partial charge in [0.25, 0.3) is 10.0 Å². The smallest absolute Gasteiger partial charge is 0.262 e. The van der Waals surface area contributed by atoms with E-state index in [2.05, 4.69) is 20.7 Å². The van der Waals surface area contributed by atoms with Crippen molar-refractivity contribution in [3.05, 3.63) is 51.7 Å². The molecule has 0 atom stereocenters. The third kappa shape index (κ3) is 3.19. The van der Waals surface area contributed by atoms with Gasteiger partial charge in [0.05, 0.1) is 10.6 Å². The fourth-order valence-electron chi connectivity index (χ4n) is 1.87. The minimum atomic E-state index is -3.92. The fraction of sp³-hybridized carbons (Fsp3) is 0.143. The van der Waals surface area contributed by atoms with Crippen molar-refractivity contribution in [2.75, 3.05) is 10.5 Å². The van der Waals surface area contributed by atoms with Gasteiger partial charge in [0.2, 0.25) is 0 Å². The third-order valence-electron chi connectivity index (χ3n) is 3.12. The van der Waals surface area contributed by atoms with E-state index in [-0.39, 0.29) is 16.1 Å². The Morgan fingerprint density at radius 3 is 2.52 bits per heavy atom. The van der Waals surface area contributed by atoms with Crippen LogP contribution in [0, 0.1) is 19.7 Å². The molecule has 0 aliphatic rings. The number of hydrogen-bond donors (Lipinski definition) is 2. The number of anilines is 2. The molecule has 0 aliphatic carbocycles. The Hall–Kier alpha value is -1.60. The molecule has 112 valence electrons. The molecular formula is C14H14BrFN2O2S. The zero-order valence-electron chi connectivity index (χ0n) is 11.4. The van der Waals surface area contributed by atoms with Crippen LogP contribution in [-0.4, -0.2) is 8.42 Å². The van der Waals surface area contributed by atoms with Crippen molar-refractivity contribution in [2.24, 2.45) is 0 Å². The Balaban J connectivity index is 2.51. The van der Waals surface area contributed by atoms with Gasteiger partial charge in [-0.25, -0.2) is 12.8 Å². The summed E-state index contributed by atoms with van der Waals surface area (Å²) in [5, 5.41) is 0. The molecule has 0 saturated carbocycles. The first-order chi connectivity index (χ1) is 9.72. The molecule has 2 rings (SSSR count). The average Bonchev–Trinajstić information content (AvgIpc) is 2.39. The molecule has 0 aromatic heterocycles. The molecule has 7 heteroatoms. The molecule has 0 radical (unpaired) electrons. The van der Waals surface area contributed by atoms with E-state index in [1.54, 1.807) is 25.1 Å². The zero-order valence-corrected chi connectivity index (χ0v) is 13.8. The topological polar surface area (TPSA) is 72.2 Å². The van der Waals surface area contributed by atoms with Gasteiger partial charge < -0.3 is 5.73 Å². The SMILES string of the molecule is Cc1c(Br)cccc1NS(=O)(=O)c1cc(N)cc(F)c1C. The Kier molecular flexibility index (Phi) is 4.25. The number of hydrogen-bond acceptors (Lipinski definition) is 3. The van der Waals surface area contributed by atoms with Gasteiger partial charge in [-0.3, -0.25) is 4.72 Å². The number of halogens is 2. The summed E-state index contributed by atoms with van der Waals surface area (Å²) in [5.41, 5.74) is 6.79. The maximum absolute atomic E-state index is 13.7. The van der Waals surface area contributed by atoms with Crippen LogP contribution in [0.4, 0.5) is 15.8 Å². The normalized spacial score (nSPS) is 11.4. The van der Waals surface area contributed by atoms with Gasteiger partial charge in [-0.1, -0.05) is 22.0 Å². The Morgan fingerprint density at radius 1 is 1.19 bits per heavy atom. The largest absolute Gasteiger partial charge is 0.399 e. The predicted molar refractivity (Wildman–Crippen MR) is 85.2 cm³/mol. The molecule has 0 amide bonds. The Labute approximate surface area is 131 Å². The van der Waals surface area contributed by atoms with Gasteiger partial charge >= 0.3 is 0 Å². The van der Waals surface area contributed by atoms with Crippen molar-refractivity contribution in [3.63, 3.8) is 0 Å². The number of sulfonamides is 1. The van der Waals surface area contributed by atoms with Crippen LogP contribution in [0.1, 0.15) is 11.1 Å². The highest BCUT2D eigenvalue weighted by Crippen LogP contribution is 2.28. The highest BCUT2D eigenvalue weighted by Gasteiger charge is 2.21. The van der Waals surface area contributed by atoms with E-state index in [1.807, 2.05) is 0 Å². The Morgan fingerprint density at radius 2 is 1.86 bits per heavy atom. The molecular weight excluding hydrogens is 359 g/mol. The molecule has 0 aliphatic heterocycles. The molecule has 3 N–H and O–H groups in total. The van der Waals surface area contributed by atoms with Crippen molar-refractivity contribution in [1.82, 2.24) is 0 Å². The van der Waals surface area contributed by atoms with Gasteiger partial charge in [0.1, 0.15) is 5.82 Å². The van der Waals surface area contributed by atoms with Crippen molar-refractivity contribution < 1.29 is 12.8 Å². The zero-order chi connectivity index (χ0) is 15.8. The van der Waals surface area contributed by atoms with Crippen molar-refractivity contribution in [1.29, 1.82) is 0 Å². The summed E-state index contributed by atoms with van der Waals surface area (Å²) in [5.74, 6) is -0.652. The monoisotopic (exact) mass is 372 g/mol. The molecule has 21 heavy (non-hydrogen) atoms. The number of nitrogen functional groups attached to an aromatic ring is 1. The van der Waals surface area contributed by atoms with Gasteiger partial charge in [-0.2, -0.15) is 0 Å². The molecule has 0 saturated heterocycles. The molecule has 0 unspecified atom stereocenters. The molecule has 0 fully saturated rings. The Bertz CT molecular complexity index is 807. The van der Waals surface area contributed by atoms with Crippen LogP contribution in [0.5, 0.6) is 0 Å². The summed E-state index contributed by atoms with van der Waals surface area (Å²) < 4.78 is 41.8. The van der Waals surface area contributed by atoms with Crippen LogP contribution < -0.4 is 10.5 Å². The minimum absolute atomic E-state index is 0.0318. The van der Waals surface area contributed by atoms with E-state index in [9.17, 15) is 12.8 Å².